The standard InChI is InChI=1S/C16H23NO3.ClH/c1-16(2,3)11-6-5-7-12(8-11)20-13-9-14(17-10-13)15(18)19-4;/h5-8,13-14,17H,9-10H2,1-4H3;1H. The van der Waals surface area contributed by atoms with Crippen LogP contribution in [0.2, 0.25) is 0 Å². The van der Waals surface area contributed by atoms with Crippen molar-refractivity contribution in [1.29, 1.82) is 0 Å². The van der Waals surface area contributed by atoms with Crippen molar-refractivity contribution < 1.29 is 14.3 Å². The first-order valence-corrected chi connectivity index (χ1v) is 6.98. The Labute approximate surface area is 132 Å². The van der Waals surface area contributed by atoms with Crippen molar-refractivity contribution in [2.75, 3.05) is 13.7 Å². The molecule has 2 atom stereocenters. The summed E-state index contributed by atoms with van der Waals surface area (Å²) in [5, 5.41) is 3.12. The van der Waals surface area contributed by atoms with Crippen LogP contribution in [0, 0.1) is 0 Å². The molecule has 1 aliphatic heterocycles. The zero-order valence-corrected chi connectivity index (χ0v) is 13.8. The lowest BCUT2D eigenvalue weighted by atomic mass is 9.87. The monoisotopic (exact) mass is 313 g/mol. The Balaban J connectivity index is 0.00000220. The fourth-order valence-electron chi connectivity index (χ4n) is 2.34. The molecule has 1 N–H and O–H groups in total. The van der Waals surface area contributed by atoms with Crippen molar-refractivity contribution in [2.24, 2.45) is 0 Å². The number of hydrogen-bond acceptors (Lipinski definition) is 4. The van der Waals surface area contributed by atoms with Crippen molar-refractivity contribution in [2.45, 2.75) is 44.8 Å². The third-order valence-corrected chi connectivity index (χ3v) is 3.58. The Kier molecular flexibility index (Phi) is 6.05. The third kappa shape index (κ3) is 4.61. The van der Waals surface area contributed by atoms with Crippen molar-refractivity contribution in [3.05, 3.63) is 29.8 Å². The van der Waals surface area contributed by atoms with Crippen molar-refractivity contribution in [1.82, 2.24) is 5.32 Å². The van der Waals surface area contributed by atoms with Gasteiger partial charge in [0, 0.05) is 13.0 Å². The highest BCUT2D eigenvalue weighted by molar-refractivity contribution is 5.85. The van der Waals surface area contributed by atoms with Gasteiger partial charge in [-0.3, -0.25) is 4.79 Å². The molecule has 0 aliphatic carbocycles. The molecular formula is C16H24ClNO3. The van der Waals surface area contributed by atoms with Gasteiger partial charge >= 0.3 is 5.97 Å². The van der Waals surface area contributed by atoms with Crippen molar-refractivity contribution >= 4 is 18.4 Å². The second kappa shape index (κ2) is 7.14. The molecule has 1 saturated heterocycles. The third-order valence-electron chi connectivity index (χ3n) is 3.58. The summed E-state index contributed by atoms with van der Waals surface area (Å²) in [7, 11) is 1.41. The summed E-state index contributed by atoms with van der Waals surface area (Å²) in [4.78, 5) is 11.5. The average molecular weight is 314 g/mol. The summed E-state index contributed by atoms with van der Waals surface area (Å²) < 4.78 is 10.7. The first-order valence-electron chi connectivity index (χ1n) is 6.98. The second-order valence-electron chi connectivity index (χ2n) is 6.24. The molecular weight excluding hydrogens is 290 g/mol. The maximum atomic E-state index is 11.5. The van der Waals surface area contributed by atoms with E-state index in [1.807, 2.05) is 12.1 Å². The van der Waals surface area contributed by atoms with Gasteiger partial charge in [-0.25, -0.2) is 0 Å². The van der Waals surface area contributed by atoms with E-state index in [1.165, 1.54) is 12.7 Å². The number of halogens is 1. The van der Waals surface area contributed by atoms with Crippen LogP contribution in [0.15, 0.2) is 24.3 Å². The zero-order valence-electron chi connectivity index (χ0n) is 13.0. The van der Waals surface area contributed by atoms with E-state index in [4.69, 9.17) is 9.47 Å². The number of carbonyl (C=O) groups excluding carboxylic acids is 1. The molecule has 0 radical (unpaired) electrons. The molecule has 1 aromatic carbocycles. The summed E-state index contributed by atoms with van der Waals surface area (Å²) in [5.41, 5.74) is 1.34. The van der Waals surface area contributed by atoms with Crippen LogP contribution in [0.4, 0.5) is 0 Å². The SMILES string of the molecule is COC(=O)C1CC(Oc2cccc(C(C)(C)C)c2)CN1.Cl. The molecule has 1 aromatic rings. The smallest absolute Gasteiger partial charge is 0.323 e. The van der Waals surface area contributed by atoms with Crippen LogP contribution in [0.1, 0.15) is 32.8 Å². The lowest BCUT2D eigenvalue weighted by molar-refractivity contribution is -0.142. The van der Waals surface area contributed by atoms with E-state index in [2.05, 4.69) is 38.2 Å². The second-order valence-corrected chi connectivity index (χ2v) is 6.24. The van der Waals surface area contributed by atoms with Gasteiger partial charge in [-0.05, 0) is 23.1 Å². The van der Waals surface area contributed by atoms with Gasteiger partial charge in [0.05, 0.1) is 7.11 Å². The molecule has 5 heteroatoms. The predicted molar refractivity (Wildman–Crippen MR) is 85.2 cm³/mol. The molecule has 2 unspecified atom stereocenters. The highest BCUT2D eigenvalue weighted by Crippen LogP contribution is 2.27. The Morgan fingerprint density at radius 1 is 1.33 bits per heavy atom. The van der Waals surface area contributed by atoms with Gasteiger partial charge in [-0.1, -0.05) is 32.9 Å². The van der Waals surface area contributed by atoms with E-state index < -0.39 is 0 Å². The zero-order chi connectivity index (χ0) is 14.8. The van der Waals surface area contributed by atoms with Gasteiger partial charge in [-0.2, -0.15) is 0 Å². The molecule has 21 heavy (non-hydrogen) atoms. The number of esters is 1. The number of benzene rings is 1. The molecule has 1 fully saturated rings. The minimum Gasteiger partial charge on any atom is -0.489 e. The number of hydrogen-bond donors (Lipinski definition) is 1. The van der Waals surface area contributed by atoms with Gasteiger partial charge in [0.25, 0.3) is 0 Å². The normalized spacial score (nSPS) is 21.5. The van der Waals surface area contributed by atoms with Crippen molar-refractivity contribution in [3.8, 4) is 5.75 Å². The summed E-state index contributed by atoms with van der Waals surface area (Å²) in [5.74, 6) is 0.634. The lowest BCUT2D eigenvalue weighted by Crippen LogP contribution is -2.31. The van der Waals surface area contributed by atoms with Gasteiger partial charge in [0.1, 0.15) is 17.9 Å². The summed E-state index contributed by atoms with van der Waals surface area (Å²) >= 11 is 0. The minimum absolute atomic E-state index is 0. The average Bonchev–Trinajstić information content (AvgIpc) is 2.85. The number of methoxy groups -OCH3 is 1. The molecule has 1 aliphatic rings. The van der Waals surface area contributed by atoms with E-state index in [-0.39, 0.29) is 35.9 Å². The van der Waals surface area contributed by atoms with E-state index in [0.29, 0.717) is 13.0 Å². The maximum Gasteiger partial charge on any atom is 0.323 e. The molecule has 0 saturated carbocycles. The molecule has 0 aromatic heterocycles. The molecule has 4 nitrogen and oxygen atoms in total. The quantitative estimate of drug-likeness (QED) is 0.872. The van der Waals surface area contributed by atoms with Crippen LogP contribution in [-0.2, 0) is 14.9 Å². The van der Waals surface area contributed by atoms with Crippen LogP contribution >= 0.6 is 12.4 Å². The van der Waals surface area contributed by atoms with Crippen LogP contribution in [0.25, 0.3) is 0 Å². The van der Waals surface area contributed by atoms with Crippen LogP contribution < -0.4 is 10.1 Å². The Morgan fingerprint density at radius 3 is 2.67 bits per heavy atom. The number of rotatable bonds is 3. The molecule has 118 valence electrons. The van der Waals surface area contributed by atoms with Crippen LogP contribution in [0.3, 0.4) is 0 Å². The summed E-state index contributed by atoms with van der Waals surface area (Å²) in [6.07, 6.45) is 0.654. The van der Waals surface area contributed by atoms with Crippen LogP contribution in [-0.4, -0.2) is 31.8 Å². The van der Waals surface area contributed by atoms with E-state index >= 15 is 0 Å². The van der Waals surface area contributed by atoms with Crippen LogP contribution in [0.5, 0.6) is 5.75 Å². The number of nitrogens with one attached hydrogen (secondary N) is 1. The molecule has 2 rings (SSSR count). The van der Waals surface area contributed by atoms with E-state index in [1.54, 1.807) is 0 Å². The van der Waals surface area contributed by atoms with E-state index in [9.17, 15) is 4.79 Å². The summed E-state index contributed by atoms with van der Waals surface area (Å²) in [6, 6.07) is 7.90. The van der Waals surface area contributed by atoms with Gasteiger partial charge in [0.2, 0.25) is 0 Å². The lowest BCUT2D eigenvalue weighted by Gasteiger charge is -2.21. The number of carbonyl (C=O) groups is 1. The maximum absolute atomic E-state index is 11.5. The predicted octanol–water partition coefficient (Wildman–Crippen LogP) is 2.69. The molecule has 0 spiro atoms. The first-order chi connectivity index (χ1) is 9.40. The summed E-state index contributed by atoms with van der Waals surface area (Å²) in [6.45, 7) is 7.20. The Hall–Kier alpha value is -1.26. The highest BCUT2D eigenvalue weighted by atomic mass is 35.5. The molecule has 1 heterocycles. The fourth-order valence-corrected chi connectivity index (χ4v) is 2.34. The minimum atomic E-state index is -0.254. The highest BCUT2D eigenvalue weighted by Gasteiger charge is 2.31. The fraction of sp³-hybridized carbons (Fsp3) is 0.562. The van der Waals surface area contributed by atoms with E-state index in [0.717, 1.165) is 5.75 Å². The topological polar surface area (TPSA) is 47.6 Å². The molecule has 0 bridgehead atoms. The number of ether oxygens (including phenoxy) is 2. The first kappa shape index (κ1) is 17.8. The Bertz CT molecular complexity index is 485. The van der Waals surface area contributed by atoms with Gasteiger partial charge in [-0.15, -0.1) is 12.4 Å². The molecule has 0 amide bonds. The van der Waals surface area contributed by atoms with Crippen molar-refractivity contribution in [3.63, 3.8) is 0 Å². The largest absolute Gasteiger partial charge is 0.489 e. The van der Waals surface area contributed by atoms with Gasteiger partial charge < -0.3 is 14.8 Å². The van der Waals surface area contributed by atoms with Gasteiger partial charge in [0.15, 0.2) is 0 Å². The Morgan fingerprint density at radius 2 is 2.05 bits per heavy atom.